The molecule has 6 nitrogen and oxygen atoms in total. The number of hydrogen-bond donors (Lipinski definition) is 1. The van der Waals surface area contributed by atoms with Crippen LogP contribution in [0.15, 0.2) is 48.8 Å². The molecule has 0 unspecified atom stereocenters. The number of morpholine rings is 1. The highest BCUT2D eigenvalue weighted by atomic mass is 19.1. The minimum atomic E-state index is -0.541. The Hall–Kier alpha value is -3.32. The summed E-state index contributed by atoms with van der Waals surface area (Å²) >= 11 is 0. The van der Waals surface area contributed by atoms with E-state index in [-0.39, 0.29) is 11.5 Å². The Morgan fingerprint density at radius 2 is 1.90 bits per heavy atom. The Balaban J connectivity index is 1.75. The predicted molar refractivity (Wildman–Crippen MR) is 113 cm³/mol. The zero-order chi connectivity index (χ0) is 21.1. The van der Waals surface area contributed by atoms with Crippen molar-refractivity contribution >= 4 is 11.7 Å². The number of aromatic nitrogens is 2. The zero-order valence-electron chi connectivity index (χ0n) is 16.8. The van der Waals surface area contributed by atoms with Gasteiger partial charge in [-0.15, -0.1) is 0 Å². The van der Waals surface area contributed by atoms with Crippen molar-refractivity contribution in [1.29, 1.82) is 0 Å². The molecule has 3 aromatic rings. The number of carbonyl (C=O) groups is 1. The second kappa shape index (κ2) is 8.59. The van der Waals surface area contributed by atoms with E-state index >= 15 is 0 Å². The maximum absolute atomic E-state index is 15.0. The number of aryl methyl sites for hydroxylation is 1. The molecule has 1 aromatic carbocycles. The van der Waals surface area contributed by atoms with Crippen molar-refractivity contribution in [2.75, 3.05) is 32.0 Å². The first kappa shape index (κ1) is 20.0. The maximum atomic E-state index is 15.0. The number of pyridine rings is 2. The van der Waals surface area contributed by atoms with Crippen molar-refractivity contribution in [3.63, 3.8) is 0 Å². The van der Waals surface area contributed by atoms with Crippen LogP contribution in [0.4, 0.5) is 10.2 Å². The summed E-state index contributed by atoms with van der Waals surface area (Å²) < 4.78 is 20.3. The van der Waals surface area contributed by atoms with Gasteiger partial charge in [-0.2, -0.15) is 0 Å². The number of nitrogens with zero attached hydrogens (tertiary/aromatic N) is 3. The van der Waals surface area contributed by atoms with E-state index in [2.05, 4.69) is 9.97 Å². The molecular weight excluding hydrogens is 383 g/mol. The van der Waals surface area contributed by atoms with Gasteiger partial charge in [0.05, 0.1) is 18.8 Å². The van der Waals surface area contributed by atoms with Crippen molar-refractivity contribution in [2.24, 2.45) is 0 Å². The third-order valence-corrected chi connectivity index (χ3v) is 5.25. The lowest BCUT2D eigenvalue weighted by molar-refractivity contribution is 0.0300. The monoisotopic (exact) mass is 406 g/mol. The summed E-state index contributed by atoms with van der Waals surface area (Å²) in [5, 5.41) is 0. The van der Waals surface area contributed by atoms with Crippen LogP contribution in [0.1, 0.15) is 23.0 Å². The Labute approximate surface area is 174 Å². The minimum absolute atomic E-state index is 0.0705. The number of ether oxygens (including phenoxy) is 1. The van der Waals surface area contributed by atoms with Gasteiger partial charge in [0.1, 0.15) is 11.6 Å². The van der Waals surface area contributed by atoms with Crippen LogP contribution in [-0.4, -0.2) is 47.1 Å². The van der Waals surface area contributed by atoms with Gasteiger partial charge in [-0.1, -0.05) is 13.0 Å². The van der Waals surface area contributed by atoms with E-state index in [1.54, 1.807) is 35.5 Å². The maximum Gasteiger partial charge on any atom is 0.256 e. The van der Waals surface area contributed by atoms with E-state index in [1.807, 2.05) is 19.1 Å². The fraction of sp³-hybridized carbons (Fsp3) is 0.261. The van der Waals surface area contributed by atoms with Crippen LogP contribution in [0.25, 0.3) is 22.3 Å². The molecule has 154 valence electrons. The fourth-order valence-electron chi connectivity index (χ4n) is 3.68. The molecule has 1 amide bonds. The molecule has 1 fully saturated rings. The number of halogens is 1. The molecule has 0 bridgehead atoms. The number of nitrogens with two attached hydrogens (primary N) is 1. The number of hydrogen-bond acceptors (Lipinski definition) is 5. The largest absolute Gasteiger partial charge is 0.384 e. The lowest BCUT2D eigenvalue weighted by atomic mass is 9.93. The molecule has 2 N–H and O–H groups in total. The highest BCUT2D eigenvalue weighted by Gasteiger charge is 2.22. The topological polar surface area (TPSA) is 81.3 Å². The molecule has 1 saturated heterocycles. The molecule has 0 radical (unpaired) electrons. The van der Waals surface area contributed by atoms with Gasteiger partial charge in [-0.05, 0) is 47.9 Å². The Kier molecular flexibility index (Phi) is 5.72. The number of amides is 1. The number of nitrogen functional groups attached to an aromatic ring is 1. The van der Waals surface area contributed by atoms with Crippen molar-refractivity contribution in [3.8, 4) is 22.3 Å². The lowest BCUT2D eigenvalue weighted by Crippen LogP contribution is -2.41. The standard InChI is InChI=1S/C23H23FN4O2/c1-2-20-22(16-4-6-21(25)27-14-16)17(7-8-26-20)15-3-5-18(19(24)13-15)23(29)28-9-11-30-12-10-28/h3-8,13-14H,2,9-12H2,1H3,(H2,25,27). The minimum Gasteiger partial charge on any atom is -0.384 e. The van der Waals surface area contributed by atoms with Gasteiger partial charge < -0.3 is 15.4 Å². The number of anilines is 1. The summed E-state index contributed by atoms with van der Waals surface area (Å²) in [6, 6.07) is 10.2. The van der Waals surface area contributed by atoms with Gasteiger partial charge in [0.15, 0.2) is 0 Å². The Morgan fingerprint density at radius 3 is 2.57 bits per heavy atom. The van der Waals surface area contributed by atoms with Gasteiger partial charge >= 0.3 is 0 Å². The third-order valence-electron chi connectivity index (χ3n) is 5.25. The normalized spacial score (nSPS) is 14.0. The van der Waals surface area contributed by atoms with E-state index in [9.17, 15) is 9.18 Å². The van der Waals surface area contributed by atoms with Crippen molar-refractivity contribution in [3.05, 3.63) is 65.9 Å². The third kappa shape index (κ3) is 3.89. The quantitative estimate of drug-likeness (QED) is 0.716. The van der Waals surface area contributed by atoms with Gasteiger partial charge in [-0.3, -0.25) is 9.78 Å². The summed E-state index contributed by atoms with van der Waals surface area (Å²) in [6.45, 7) is 3.91. The molecule has 2 aromatic heterocycles. The second-order valence-electron chi connectivity index (χ2n) is 7.10. The zero-order valence-corrected chi connectivity index (χ0v) is 16.8. The second-order valence-corrected chi connectivity index (χ2v) is 7.10. The van der Waals surface area contributed by atoms with Crippen LogP contribution in [0.5, 0.6) is 0 Å². The van der Waals surface area contributed by atoms with E-state index in [1.165, 1.54) is 6.07 Å². The predicted octanol–water partition coefficient (Wildman–Crippen LogP) is 3.57. The SMILES string of the molecule is CCc1nccc(-c2ccc(C(=O)N3CCOCC3)c(F)c2)c1-c1ccc(N)nc1. The van der Waals surface area contributed by atoms with Gasteiger partial charge in [0, 0.05) is 42.3 Å². The van der Waals surface area contributed by atoms with Crippen LogP contribution in [0.2, 0.25) is 0 Å². The molecule has 7 heteroatoms. The van der Waals surface area contributed by atoms with E-state index < -0.39 is 5.82 Å². The molecule has 0 spiro atoms. The first-order valence-corrected chi connectivity index (χ1v) is 9.95. The van der Waals surface area contributed by atoms with Crippen molar-refractivity contribution < 1.29 is 13.9 Å². The molecular formula is C23H23FN4O2. The molecule has 3 heterocycles. The van der Waals surface area contributed by atoms with Crippen LogP contribution in [0, 0.1) is 5.82 Å². The number of benzene rings is 1. The van der Waals surface area contributed by atoms with Crippen LogP contribution < -0.4 is 5.73 Å². The summed E-state index contributed by atoms with van der Waals surface area (Å²) in [5.74, 6) is -0.422. The molecule has 0 aliphatic carbocycles. The first-order valence-electron chi connectivity index (χ1n) is 9.95. The average molecular weight is 406 g/mol. The van der Waals surface area contributed by atoms with Crippen LogP contribution in [-0.2, 0) is 11.2 Å². The summed E-state index contributed by atoms with van der Waals surface area (Å²) in [7, 11) is 0. The summed E-state index contributed by atoms with van der Waals surface area (Å²) in [4.78, 5) is 23.0. The molecule has 1 aliphatic rings. The average Bonchev–Trinajstić information content (AvgIpc) is 2.79. The fourth-order valence-corrected chi connectivity index (χ4v) is 3.68. The van der Waals surface area contributed by atoms with Gasteiger partial charge in [-0.25, -0.2) is 9.37 Å². The van der Waals surface area contributed by atoms with E-state index in [0.29, 0.717) is 44.1 Å². The summed E-state index contributed by atoms with van der Waals surface area (Å²) in [6.07, 6.45) is 4.12. The molecule has 1 aliphatic heterocycles. The summed E-state index contributed by atoms with van der Waals surface area (Å²) in [5.41, 5.74) is 9.94. The Morgan fingerprint density at radius 1 is 1.13 bits per heavy atom. The molecule has 0 atom stereocenters. The lowest BCUT2D eigenvalue weighted by Gasteiger charge is -2.27. The highest BCUT2D eigenvalue weighted by Crippen LogP contribution is 2.35. The molecule has 30 heavy (non-hydrogen) atoms. The van der Waals surface area contributed by atoms with Crippen LogP contribution in [0.3, 0.4) is 0 Å². The van der Waals surface area contributed by atoms with E-state index in [0.717, 1.165) is 22.4 Å². The molecule has 4 rings (SSSR count). The van der Waals surface area contributed by atoms with Crippen molar-refractivity contribution in [2.45, 2.75) is 13.3 Å². The van der Waals surface area contributed by atoms with Gasteiger partial charge in [0.25, 0.3) is 5.91 Å². The van der Waals surface area contributed by atoms with Gasteiger partial charge in [0.2, 0.25) is 0 Å². The van der Waals surface area contributed by atoms with E-state index in [4.69, 9.17) is 10.5 Å². The van der Waals surface area contributed by atoms with Crippen molar-refractivity contribution in [1.82, 2.24) is 14.9 Å². The molecule has 0 saturated carbocycles. The highest BCUT2D eigenvalue weighted by molar-refractivity contribution is 5.95. The first-order chi connectivity index (χ1) is 14.6. The number of carbonyl (C=O) groups excluding carboxylic acids is 1. The Bertz CT molecular complexity index is 1060. The smallest absolute Gasteiger partial charge is 0.256 e. The van der Waals surface area contributed by atoms with Crippen LogP contribution >= 0.6 is 0 Å². The number of rotatable bonds is 4.